The highest BCUT2D eigenvalue weighted by Gasteiger charge is 2.21. The summed E-state index contributed by atoms with van der Waals surface area (Å²) < 4.78 is 0. The van der Waals surface area contributed by atoms with Crippen LogP contribution in [0.15, 0.2) is 0 Å². The fourth-order valence-corrected chi connectivity index (χ4v) is 0.473. The van der Waals surface area contributed by atoms with Crippen LogP contribution < -0.4 is 10.6 Å². The summed E-state index contributed by atoms with van der Waals surface area (Å²) in [6.45, 7) is 0.615. The standard InChI is InChI=1S/C4H6N2O2/c7-1-3(8)4-5-2-6-4/h1,4-6H,2H2. The summed E-state index contributed by atoms with van der Waals surface area (Å²) in [5, 5.41) is 5.41. The summed E-state index contributed by atoms with van der Waals surface area (Å²) >= 11 is 0. The van der Waals surface area contributed by atoms with Crippen molar-refractivity contribution < 1.29 is 9.59 Å². The van der Waals surface area contributed by atoms with Gasteiger partial charge in [0.15, 0.2) is 6.29 Å². The van der Waals surface area contributed by atoms with E-state index < -0.39 is 11.9 Å². The van der Waals surface area contributed by atoms with Gasteiger partial charge in [0.1, 0.15) is 6.17 Å². The van der Waals surface area contributed by atoms with Gasteiger partial charge in [-0.15, -0.1) is 0 Å². The average molecular weight is 114 g/mol. The van der Waals surface area contributed by atoms with Crippen molar-refractivity contribution in [3.63, 3.8) is 0 Å². The van der Waals surface area contributed by atoms with Gasteiger partial charge in [0.25, 0.3) is 0 Å². The van der Waals surface area contributed by atoms with Crippen LogP contribution in [0.25, 0.3) is 0 Å². The van der Waals surface area contributed by atoms with Crippen LogP contribution in [0, 0.1) is 0 Å². The minimum absolute atomic E-state index is 0.309. The van der Waals surface area contributed by atoms with Crippen LogP contribution in [0.2, 0.25) is 0 Å². The molecule has 44 valence electrons. The van der Waals surface area contributed by atoms with Crippen molar-refractivity contribution in [3.05, 3.63) is 0 Å². The normalized spacial score (nSPS) is 19.5. The van der Waals surface area contributed by atoms with E-state index in [2.05, 4.69) is 10.6 Å². The van der Waals surface area contributed by atoms with Gasteiger partial charge in [0.2, 0.25) is 5.78 Å². The monoisotopic (exact) mass is 114 g/mol. The lowest BCUT2D eigenvalue weighted by Gasteiger charge is -2.25. The van der Waals surface area contributed by atoms with Crippen LogP contribution in [0.4, 0.5) is 0 Å². The number of carbonyl (C=O) groups excluding carboxylic acids is 2. The molecular weight excluding hydrogens is 108 g/mol. The largest absolute Gasteiger partial charge is 0.294 e. The molecule has 0 unspecified atom stereocenters. The SMILES string of the molecule is O=CC(=O)C1NCN1. The highest BCUT2D eigenvalue weighted by atomic mass is 16.2. The number of rotatable bonds is 2. The second-order valence-electron chi connectivity index (χ2n) is 1.54. The van der Waals surface area contributed by atoms with Crippen molar-refractivity contribution in [2.24, 2.45) is 0 Å². The van der Waals surface area contributed by atoms with E-state index in [1.165, 1.54) is 0 Å². The maximum atomic E-state index is 10.3. The van der Waals surface area contributed by atoms with Gasteiger partial charge >= 0.3 is 0 Å². The molecule has 0 aromatic carbocycles. The van der Waals surface area contributed by atoms with Crippen LogP contribution in [0.5, 0.6) is 0 Å². The molecule has 0 atom stereocenters. The Hall–Kier alpha value is -0.740. The van der Waals surface area contributed by atoms with Crippen LogP contribution >= 0.6 is 0 Å². The van der Waals surface area contributed by atoms with Gasteiger partial charge in [-0.3, -0.25) is 20.2 Å². The number of nitrogens with one attached hydrogen (secondary N) is 2. The third-order valence-corrected chi connectivity index (χ3v) is 1.01. The molecule has 1 saturated heterocycles. The lowest BCUT2D eigenvalue weighted by molar-refractivity contribution is -0.133. The number of carbonyl (C=O) groups is 2. The lowest BCUT2D eigenvalue weighted by Crippen LogP contribution is -2.63. The predicted molar refractivity (Wildman–Crippen MR) is 26.0 cm³/mol. The molecule has 1 rings (SSSR count). The van der Waals surface area contributed by atoms with Gasteiger partial charge in [0.05, 0.1) is 0 Å². The predicted octanol–water partition coefficient (Wildman–Crippen LogP) is -1.77. The molecule has 0 bridgehead atoms. The quantitative estimate of drug-likeness (QED) is 0.329. The number of hydrogen-bond acceptors (Lipinski definition) is 4. The summed E-state index contributed by atoms with van der Waals surface area (Å²) in [6.07, 6.45) is -0.100. The molecule has 1 fully saturated rings. The molecule has 0 saturated carbocycles. The molecule has 4 heteroatoms. The van der Waals surface area contributed by atoms with Crippen LogP contribution in [0.1, 0.15) is 0 Å². The van der Waals surface area contributed by atoms with Crippen LogP contribution in [0.3, 0.4) is 0 Å². The first kappa shape index (κ1) is 5.40. The van der Waals surface area contributed by atoms with Crippen molar-refractivity contribution in [1.82, 2.24) is 10.6 Å². The summed E-state index contributed by atoms with van der Waals surface area (Å²) in [5.41, 5.74) is 0. The number of hydrogen-bond donors (Lipinski definition) is 2. The zero-order chi connectivity index (χ0) is 5.98. The Morgan fingerprint density at radius 2 is 2.25 bits per heavy atom. The average Bonchev–Trinajstić information content (AvgIpc) is 1.62. The van der Waals surface area contributed by atoms with Crippen molar-refractivity contribution >= 4 is 12.1 Å². The molecule has 1 aliphatic rings. The Morgan fingerprint density at radius 1 is 1.62 bits per heavy atom. The number of aldehydes is 1. The Labute approximate surface area is 46.3 Å². The van der Waals surface area contributed by atoms with E-state index in [-0.39, 0.29) is 0 Å². The van der Waals surface area contributed by atoms with Gasteiger partial charge < -0.3 is 0 Å². The Bertz CT molecular complexity index is 119. The lowest BCUT2D eigenvalue weighted by atomic mass is 10.3. The Kier molecular flexibility index (Phi) is 1.36. The van der Waals surface area contributed by atoms with Crippen molar-refractivity contribution in [2.45, 2.75) is 6.17 Å². The summed E-state index contributed by atoms with van der Waals surface area (Å²) in [5.74, 6) is -0.434. The van der Waals surface area contributed by atoms with Crippen LogP contribution in [-0.4, -0.2) is 24.9 Å². The van der Waals surface area contributed by atoms with Crippen molar-refractivity contribution in [1.29, 1.82) is 0 Å². The molecule has 0 amide bonds. The van der Waals surface area contributed by atoms with E-state index >= 15 is 0 Å². The first-order valence-corrected chi connectivity index (χ1v) is 2.30. The topological polar surface area (TPSA) is 58.2 Å². The smallest absolute Gasteiger partial charge is 0.226 e. The zero-order valence-electron chi connectivity index (χ0n) is 4.18. The minimum atomic E-state index is -0.434. The fraction of sp³-hybridized carbons (Fsp3) is 0.500. The molecule has 8 heavy (non-hydrogen) atoms. The first-order valence-electron chi connectivity index (χ1n) is 2.30. The van der Waals surface area contributed by atoms with E-state index in [1.54, 1.807) is 0 Å². The van der Waals surface area contributed by atoms with Gasteiger partial charge in [-0.1, -0.05) is 0 Å². The molecule has 0 aliphatic carbocycles. The Morgan fingerprint density at radius 3 is 2.38 bits per heavy atom. The van der Waals surface area contributed by atoms with Crippen molar-refractivity contribution in [3.8, 4) is 0 Å². The third kappa shape index (κ3) is 0.753. The van der Waals surface area contributed by atoms with E-state index in [4.69, 9.17) is 0 Å². The summed E-state index contributed by atoms with van der Waals surface area (Å²) in [4.78, 5) is 20.0. The number of Topliss-reactive ketones (excluding diaryl/α,β-unsaturated/α-hetero) is 1. The molecule has 1 heterocycles. The fourth-order valence-electron chi connectivity index (χ4n) is 0.473. The van der Waals surface area contributed by atoms with Crippen molar-refractivity contribution in [2.75, 3.05) is 6.67 Å². The zero-order valence-corrected chi connectivity index (χ0v) is 4.18. The second-order valence-corrected chi connectivity index (χ2v) is 1.54. The van der Waals surface area contributed by atoms with E-state index in [9.17, 15) is 9.59 Å². The van der Waals surface area contributed by atoms with Gasteiger partial charge in [-0.2, -0.15) is 0 Å². The summed E-state index contributed by atoms with van der Waals surface area (Å²) in [7, 11) is 0. The summed E-state index contributed by atoms with van der Waals surface area (Å²) in [6, 6.07) is 0. The van der Waals surface area contributed by atoms with E-state index in [0.29, 0.717) is 13.0 Å². The molecule has 1 aliphatic heterocycles. The molecule has 4 nitrogen and oxygen atoms in total. The Balaban J connectivity index is 2.34. The molecule has 2 N–H and O–H groups in total. The van der Waals surface area contributed by atoms with Gasteiger partial charge in [0, 0.05) is 6.67 Å². The molecular formula is C4H6N2O2. The van der Waals surface area contributed by atoms with E-state index in [0.717, 1.165) is 0 Å². The van der Waals surface area contributed by atoms with Gasteiger partial charge in [-0.05, 0) is 0 Å². The molecule has 0 aromatic rings. The maximum Gasteiger partial charge on any atom is 0.226 e. The van der Waals surface area contributed by atoms with Crippen LogP contribution in [-0.2, 0) is 9.59 Å². The third-order valence-electron chi connectivity index (χ3n) is 1.01. The molecule has 0 spiro atoms. The van der Waals surface area contributed by atoms with E-state index in [1.807, 2.05) is 0 Å². The molecule has 0 aromatic heterocycles. The second kappa shape index (κ2) is 2.02. The maximum absolute atomic E-state index is 10.3. The number of ketones is 1. The first-order chi connectivity index (χ1) is 3.84. The molecule has 0 radical (unpaired) electrons. The minimum Gasteiger partial charge on any atom is -0.294 e. The highest BCUT2D eigenvalue weighted by molar-refractivity contribution is 6.27. The van der Waals surface area contributed by atoms with Gasteiger partial charge in [-0.25, -0.2) is 0 Å². The highest BCUT2D eigenvalue weighted by Crippen LogP contribution is 1.84.